The second kappa shape index (κ2) is 2.05. The quantitative estimate of drug-likeness (QED) is 0.501. The maximum absolute atomic E-state index is 10.4. The molecule has 1 aliphatic rings. The van der Waals surface area contributed by atoms with Crippen molar-refractivity contribution in [3.05, 3.63) is 6.04 Å². The highest BCUT2D eigenvalue weighted by atomic mass is 16.4. The molecule has 0 bridgehead atoms. The third-order valence-corrected chi connectivity index (χ3v) is 1.15. The van der Waals surface area contributed by atoms with Crippen molar-refractivity contribution in [3.63, 3.8) is 0 Å². The lowest BCUT2D eigenvalue weighted by molar-refractivity contribution is -0.136. The van der Waals surface area contributed by atoms with E-state index in [-0.39, 0.29) is 11.9 Å². The summed E-state index contributed by atoms with van der Waals surface area (Å²) in [6.07, 6.45) is 0.649. The minimum atomic E-state index is -1.03. The van der Waals surface area contributed by atoms with Crippen molar-refractivity contribution < 1.29 is 14.7 Å². The van der Waals surface area contributed by atoms with Gasteiger partial charge in [0.25, 0.3) is 0 Å². The average molecular weight is 128 g/mol. The SMILES string of the molecule is O=C1CC[C](C(=O)O)N1. The first-order valence-electron chi connectivity index (χ1n) is 2.59. The maximum Gasteiger partial charge on any atom is 0.332 e. The zero-order chi connectivity index (χ0) is 6.85. The molecule has 0 saturated carbocycles. The summed E-state index contributed by atoms with van der Waals surface area (Å²) < 4.78 is 0. The van der Waals surface area contributed by atoms with E-state index in [1.807, 2.05) is 0 Å². The van der Waals surface area contributed by atoms with Gasteiger partial charge in [-0.05, 0) is 6.42 Å². The lowest BCUT2D eigenvalue weighted by Crippen LogP contribution is -2.24. The van der Waals surface area contributed by atoms with Crippen LogP contribution >= 0.6 is 0 Å². The highest BCUT2D eigenvalue weighted by Gasteiger charge is 2.27. The van der Waals surface area contributed by atoms with E-state index in [4.69, 9.17) is 5.11 Å². The van der Waals surface area contributed by atoms with Gasteiger partial charge in [-0.25, -0.2) is 4.79 Å². The molecule has 4 nitrogen and oxygen atoms in total. The molecule has 1 saturated heterocycles. The van der Waals surface area contributed by atoms with Gasteiger partial charge in [-0.1, -0.05) is 0 Å². The Kier molecular flexibility index (Phi) is 1.38. The van der Waals surface area contributed by atoms with E-state index < -0.39 is 5.97 Å². The first-order chi connectivity index (χ1) is 4.20. The molecular formula is C5H6NO3. The molecule has 1 heterocycles. The van der Waals surface area contributed by atoms with Crippen LogP contribution in [-0.4, -0.2) is 17.0 Å². The highest BCUT2D eigenvalue weighted by Crippen LogP contribution is 2.12. The molecule has 1 rings (SSSR count). The fourth-order valence-corrected chi connectivity index (χ4v) is 0.692. The Morgan fingerprint density at radius 1 is 1.56 bits per heavy atom. The highest BCUT2D eigenvalue weighted by molar-refractivity contribution is 5.93. The smallest absolute Gasteiger partial charge is 0.332 e. The van der Waals surface area contributed by atoms with E-state index in [0.717, 1.165) is 0 Å². The number of rotatable bonds is 1. The summed E-state index contributed by atoms with van der Waals surface area (Å²) in [6, 6.07) is 0.111. The lowest BCUT2D eigenvalue weighted by atomic mass is 10.2. The third-order valence-electron chi connectivity index (χ3n) is 1.15. The predicted octanol–water partition coefficient (Wildman–Crippen LogP) is -0.487. The molecule has 1 amide bonds. The van der Waals surface area contributed by atoms with Crippen LogP contribution in [0.15, 0.2) is 0 Å². The van der Waals surface area contributed by atoms with Gasteiger partial charge >= 0.3 is 5.97 Å². The van der Waals surface area contributed by atoms with Gasteiger partial charge in [0.1, 0.15) is 0 Å². The van der Waals surface area contributed by atoms with Gasteiger partial charge in [0.2, 0.25) is 5.91 Å². The summed E-state index contributed by atoms with van der Waals surface area (Å²) in [5.41, 5.74) is 0. The molecule has 49 valence electrons. The van der Waals surface area contributed by atoms with Crippen molar-refractivity contribution in [1.82, 2.24) is 5.32 Å². The Morgan fingerprint density at radius 2 is 2.22 bits per heavy atom. The van der Waals surface area contributed by atoms with E-state index in [2.05, 4.69) is 5.32 Å². The topological polar surface area (TPSA) is 66.4 Å². The molecule has 9 heavy (non-hydrogen) atoms. The van der Waals surface area contributed by atoms with Crippen LogP contribution in [0.4, 0.5) is 0 Å². The Bertz CT molecular complexity index is 154. The molecule has 4 heteroatoms. The molecule has 0 aliphatic carbocycles. The van der Waals surface area contributed by atoms with Crippen molar-refractivity contribution >= 4 is 11.9 Å². The van der Waals surface area contributed by atoms with Crippen LogP contribution in [0.1, 0.15) is 12.8 Å². The Balaban J connectivity index is 2.48. The van der Waals surface area contributed by atoms with Crippen LogP contribution < -0.4 is 5.32 Å². The minimum absolute atomic E-state index is 0.111. The average Bonchev–Trinajstić information content (AvgIpc) is 2.14. The second-order valence-electron chi connectivity index (χ2n) is 1.83. The first-order valence-corrected chi connectivity index (χ1v) is 2.59. The molecule has 1 aliphatic heterocycles. The van der Waals surface area contributed by atoms with Crippen LogP contribution in [0.25, 0.3) is 0 Å². The molecule has 0 aromatic heterocycles. The molecule has 2 N–H and O–H groups in total. The van der Waals surface area contributed by atoms with Gasteiger partial charge in [0.05, 0.1) is 0 Å². The summed E-state index contributed by atoms with van der Waals surface area (Å²) in [6.45, 7) is 0. The first kappa shape index (κ1) is 6.07. The number of carbonyl (C=O) groups is 2. The summed E-state index contributed by atoms with van der Waals surface area (Å²) >= 11 is 0. The Hall–Kier alpha value is -1.06. The molecule has 0 aromatic carbocycles. The standard InChI is InChI=1S/C5H6NO3/c7-4-2-1-3(6-4)5(8)9/h1-2H2,(H,6,7)(H,8,9). The number of nitrogens with one attached hydrogen (secondary N) is 1. The van der Waals surface area contributed by atoms with E-state index in [1.165, 1.54) is 0 Å². The zero-order valence-electron chi connectivity index (χ0n) is 4.68. The van der Waals surface area contributed by atoms with Crippen LogP contribution in [0, 0.1) is 6.04 Å². The molecule has 1 fully saturated rings. The summed E-state index contributed by atoms with van der Waals surface area (Å²) in [4.78, 5) is 20.5. The minimum Gasteiger partial charge on any atom is -0.479 e. The Labute approximate surface area is 51.9 Å². The predicted molar refractivity (Wildman–Crippen MR) is 28.3 cm³/mol. The van der Waals surface area contributed by atoms with Crippen LogP contribution in [0.3, 0.4) is 0 Å². The summed E-state index contributed by atoms with van der Waals surface area (Å²) in [5.74, 6) is -1.23. The van der Waals surface area contributed by atoms with Crippen molar-refractivity contribution in [3.8, 4) is 0 Å². The molecule has 0 atom stereocenters. The second-order valence-corrected chi connectivity index (χ2v) is 1.83. The van der Waals surface area contributed by atoms with E-state index >= 15 is 0 Å². The van der Waals surface area contributed by atoms with Gasteiger partial charge in [-0.15, -0.1) is 0 Å². The number of hydrogen-bond acceptors (Lipinski definition) is 2. The van der Waals surface area contributed by atoms with Gasteiger partial charge in [-0.3, -0.25) is 4.79 Å². The van der Waals surface area contributed by atoms with Gasteiger partial charge in [-0.2, -0.15) is 0 Å². The molecule has 0 unspecified atom stereocenters. The lowest BCUT2D eigenvalue weighted by Gasteiger charge is -1.98. The largest absolute Gasteiger partial charge is 0.479 e. The number of carbonyl (C=O) groups excluding carboxylic acids is 1. The van der Waals surface area contributed by atoms with Crippen molar-refractivity contribution in [2.75, 3.05) is 0 Å². The molecular weight excluding hydrogens is 122 g/mol. The number of aliphatic carboxylic acids is 1. The molecule has 0 spiro atoms. The van der Waals surface area contributed by atoms with Crippen molar-refractivity contribution in [2.45, 2.75) is 12.8 Å². The monoisotopic (exact) mass is 128 g/mol. The number of carboxylic acids is 1. The van der Waals surface area contributed by atoms with E-state index in [9.17, 15) is 9.59 Å². The molecule has 0 aromatic rings. The van der Waals surface area contributed by atoms with E-state index in [0.29, 0.717) is 12.8 Å². The normalized spacial score (nSPS) is 19.8. The summed E-state index contributed by atoms with van der Waals surface area (Å²) in [5, 5.41) is 10.5. The fourth-order valence-electron chi connectivity index (χ4n) is 0.692. The van der Waals surface area contributed by atoms with Crippen LogP contribution in [0.5, 0.6) is 0 Å². The number of amides is 1. The fraction of sp³-hybridized carbons (Fsp3) is 0.400. The molecule has 1 radical (unpaired) electrons. The van der Waals surface area contributed by atoms with Crippen LogP contribution in [0.2, 0.25) is 0 Å². The van der Waals surface area contributed by atoms with Gasteiger partial charge < -0.3 is 10.4 Å². The maximum atomic E-state index is 10.4. The van der Waals surface area contributed by atoms with E-state index in [1.54, 1.807) is 0 Å². The zero-order valence-corrected chi connectivity index (χ0v) is 4.68. The Morgan fingerprint density at radius 3 is 2.44 bits per heavy atom. The van der Waals surface area contributed by atoms with Crippen LogP contribution in [-0.2, 0) is 9.59 Å². The third kappa shape index (κ3) is 1.19. The summed E-state index contributed by atoms with van der Waals surface area (Å²) in [7, 11) is 0. The number of carboxylic acid groups (broad SMARTS) is 1. The van der Waals surface area contributed by atoms with Gasteiger partial charge in [0, 0.05) is 6.42 Å². The number of hydrogen-bond donors (Lipinski definition) is 2. The van der Waals surface area contributed by atoms with Gasteiger partial charge in [0.15, 0.2) is 6.04 Å². The van der Waals surface area contributed by atoms with Crippen molar-refractivity contribution in [1.29, 1.82) is 0 Å². The van der Waals surface area contributed by atoms with Crippen molar-refractivity contribution in [2.24, 2.45) is 0 Å².